The molecule has 118 valence electrons. The van der Waals surface area contributed by atoms with Crippen LogP contribution < -0.4 is 10.6 Å². The van der Waals surface area contributed by atoms with Crippen molar-refractivity contribution in [2.24, 2.45) is 5.73 Å². The molecule has 0 saturated heterocycles. The third-order valence-corrected chi connectivity index (χ3v) is 3.35. The average Bonchev–Trinajstić information content (AvgIpc) is 2.53. The Kier molecular flexibility index (Phi) is 4.98. The number of amidine groups is 1. The smallest absolute Gasteiger partial charge is 0.323 e. The van der Waals surface area contributed by atoms with Crippen LogP contribution in [0, 0.1) is 5.41 Å². The van der Waals surface area contributed by atoms with Crippen molar-refractivity contribution in [1.29, 1.82) is 5.41 Å². The second kappa shape index (κ2) is 6.93. The zero-order chi connectivity index (χ0) is 17.0. The first-order chi connectivity index (χ1) is 10.9. The number of rotatable bonds is 5. The van der Waals surface area contributed by atoms with Gasteiger partial charge in [0.05, 0.1) is 0 Å². The molecular formula is C16H14ClN3O3. The van der Waals surface area contributed by atoms with Gasteiger partial charge in [-0.05, 0) is 36.4 Å². The number of amides is 1. The highest BCUT2D eigenvalue weighted by Gasteiger charge is 2.21. The molecule has 2 aromatic rings. The summed E-state index contributed by atoms with van der Waals surface area (Å²) in [6.45, 7) is -0.495. The van der Waals surface area contributed by atoms with E-state index in [0.29, 0.717) is 16.3 Å². The molecule has 0 atom stereocenters. The standard InChI is InChI=1S/C16H14ClN3O3/c17-12-4-6-13(7-5-12)20(9-14(21)22)16(23)11-3-1-2-10(8-11)15(18)19/h1-8H,9H2,(H3,18,19)(H,21,22). The molecule has 0 unspecified atom stereocenters. The van der Waals surface area contributed by atoms with Gasteiger partial charge in [-0.3, -0.25) is 19.9 Å². The van der Waals surface area contributed by atoms with Crippen molar-refractivity contribution in [1.82, 2.24) is 0 Å². The summed E-state index contributed by atoms with van der Waals surface area (Å²) in [6.07, 6.45) is 0. The van der Waals surface area contributed by atoms with Gasteiger partial charge in [-0.1, -0.05) is 23.7 Å². The minimum atomic E-state index is -1.14. The number of carbonyl (C=O) groups excluding carboxylic acids is 1. The molecule has 2 rings (SSSR count). The van der Waals surface area contributed by atoms with Crippen molar-refractivity contribution in [3.05, 3.63) is 64.7 Å². The summed E-state index contributed by atoms with van der Waals surface area (Å²) in [5, 5.41) is 17.0. The fourth-order valence-electron chi connectivity index (χ4n) is 2.01. The maximum atomic E-state index is 12.7. The lowest BCUT2D eigenvalue weighted by Gasteiger charge is -2.21. The molecule has 6 nitrogen and oxygen atoms in total. The number of carboxylic acids is 1. The molecule has 1 amide bonds. The van der Waals surface area contributed by atoms with Crippen molar-refractivity contribution in [3.63, 3.8) is 0 Å². The molecule has 0 aliphatic rings. The lowest BCUT2D eigenvalue weighted by molar-refractivity contribution is -0.135. The lowest BCUT2D eigenvalue weighted by Crippen LogP contribution is -2.35. The van der Waals surface area contributed by atoms with Crippen molar-refractivity contribution in [2.75, 3.05) is 11.4 Å². The Balaban J connectivity index is 2.40. The predicted octanol–water partition coefficient (Wildman–Crippen LogP) is 2.36. The molecule has 0 spiro atoms. The second-order valence-electron chi connectivity index (χ2n) is 4.76. The predicted molar refractivity (Wildman–Crippen MR) is 88.2 cm³/mol. The van der Waals surface area contributed by atoms with E-state index in [4.69, 9.17) is 27.9 Å². The number of nitrogen functional groups attached to an aromatic ring is 1. The molecule has 2 aromatic carbocycles. The van der Waals surface area contributed by atoms with Crippen LogP contribution in [0.5, 0.6) is 0 Å². The highest BCUT2D eigenvalue weighted by molar-refractivity contribution is 6.30. The zero-order valence-electron chi connectivity index (χ0n) is 12.0. The summed E-state index contributed by atoms with van der Waals surface area (Å²) in [5.41, 5.74) is 6.46. The van der Waals surface area contributed by atoms with Crippen LogP contribution in [0.25, 0.3) is 0 Å². The topological polar surface area (TPSA) is 107 Å². The Morgan fingerprint density at radius 2 is 1.74 bits per heavy atom. The van der Waals surface area contributed by atoms with Gasteiger partial charge in [-0.2, -0.15) is 0 Å². The van der Waals surface area contributed by atoms with Crippen LogP contribution in [0.1, 0.15) is 15.9 Å². The van der Waals surface area contributed by atoms with Gasteiger partial charge in [0.1, 0.15) is 12.4 Å². The van der Waals surface area contributed by atoms with Crippen LogP contribution in [0.4, 0.5) is 5.69 Å². The maximum absolute atomic E-state index is 12.7. The van der Waals surface area contributed by atoms with E-state index in [1.807, 2.05) is 0 Å². The van der Waals surface area contributed by atoms with Crippen LogP contribution in [0.3, 0.4) is 0 Å². The number of hydrogen-bond acceptors (Lipinski definition) is 3. The summed E-state index contributed by atoms with van der Waals surface area (Å²) >= 11 is 5.82. The van der Waals surface area contributed by atoms with Crippen LogP contribution in [0.15, 0.2) is 48.5 Å². The van der Waals surface area contributed by atoms with E-state index in [2.05, 4.69) is 0 Å². The van der Waals surface area contributed by atoms with Gasteiger partial charge < -0.3 is 10.8 Å². The van der Waals surface area contributed by atoms with Crippen molar-refractivity contribution in [3.8, 4) is 0 Å². The third-order valence-electron chi connectivity index (χ3n) is 3.10. The van der Waals surface area contributed by atoms with E-state index >= 15 is 0 Å². The van der Waals surface area contributed by atoms with Gasteiger partial charge >= 0.3 is 5.97 Å². The highest BCUT2D eigenvalue weighted by atomic mass is 35.5. The Hall–Kier alpha value is -2.86. The Morgan fingerprint density at radius 1 is 1.13 bits per heavy atom. The normalized spacial score (nSPS) is 10.1. The number of carbonyl (C=O) groups is 2. The molecular weight excluding hydrogens is 318 g/mol. The summed E-state index contributed by atoms with van der Waals surface area (Å²) in [5.74, 6) is -1.82. The monoisotopic (exact) mass is 331 g/mol. The zero-order valence-corrected chi connectivity index (χ0v) is 12.7. The molecule has 4 N–H and O–H groups in total. The molecule has 0 radical (unpaired) electrons. The molecule has 7 heteroatoms. The number of carboxylic acid groups (broad SMARTS) is 1. The fraction of sp³-hybridized carbons (Fsp3) is 0.0625. The number of benzene rings is 2. The first kappa shape index (κ1) is 16.5. The van der Waals surface area contributed by atoms with Crippen molar-refractivity contribution in [2.45, 2.75) is 0 Å². The first-order valence-electron chi connectivity index (χ1n) is 6.62. The number of nitrogens with one attached hydrogen (secondary N) is 1. The van der Waals surface area contributed by atoms with Crippen molar-refractivity contribution >= 4 is 35.0 Å². The summed E-state index contributed by atoms with van der Waals surface area (Å²) in [7, 11) is 0. The third kappa shape index (κ3) is 4.08. The molecule has 0 heterocycles. The molecule has 0 aromatic heterocycles. The number of hydrogen-bond donors (Lipinski definition) is 3. The van der Waals surface area contributed by atoms with Gasteiger partial charge in [0.2, 0.25) is 0 Å². The lowest BCUT2D eigenvalue weighted by atomic mass is 10.1. The van der Waals surface area contributed by atoms with Gasteiger partial charge in [-0.15, -0.1) is 0 Å². The average molecular weight is 332 g/mol. The maximum Gasteiger partial charge on any atom is 0.323 e. The fourth-order valence-corrected chi connectivity index (χ4v) is 2.14. The van der Waals surface area contributed by atoms with E-state index < -0.39 is 18.4 Å². The van der Waals surface area contributed by atoms with Crippen molar-refractivity contribution < 1.29 is 14.7 Å². The minimum Gasteiger partial charge on any atom is -0.480 e. The Morgan fingerprint density at radius 3 is 2.30 bits per heavy atom. The van der Waals surface area contributed by atoms with Gasteiger partial charge in [-0.25, -0.2) is 0 Å². The van der Waals surface area contributed by atoms with E-state index in [-0.39, 0.29) is 11.4 Å². The Labute approximate surface area is 137 Å². The quantitative estimate of drug-likeness (QED) is 0.577. The number of halogens is 1. The first-order valence-corrected chi connectivity index (χ1v) is 7.00. The van der Waals surface area contributed by atoms with E-state index in [9.17, 15) is 9.59 Å². The largest absolute Gasteiger partial charge is 0.480 e. The molecule has 0 aliphatic heterocycles. The number of nitrogens with zero attached hydrogens (tertiary/aromatic N) is 1. The van der Waals surface area contributed by atoms with Gasteiger partial charge in [0.25, 0.3) is 5.91 Å². The molecule has 0 saturated carbocycles. The van der Waals surface area contributed by atoms with E-state index in [1.54, 1.807) is 42.5 Å². The van der Waals surface area contributed by atoms with Gasteiger partial charge in [0, 0.05) is 21.8 Å². The molecule has 0 bridgehead atoms. The van der Waals surface area contributed by atoms with Crippen LogP contribution >= 0.6 is 11.6 Å². The Bertz CT molecular complexity index is 759. The van der Waals surface area contributed by atoms with Crippen LogP contribution in [-0.2, 0) is 4.79 Å². The second-order valence-corrected chi connectivity index (χ2v) is 5.19. The van der Waals surface area contributed by atoms with E-state index in [1.165, 1.54) is 6.07 Å². The minimum absolute atomic E-state index is 0.170. The molecule has 0 fully saturated rings. The van der Waals surface area contributed by atoms with Gasteiger partial charge in [0.15, 0.2) is 0 Å². The summed E-state index contributed by atoms with van der Waals surface area (Å²) in [6, 6.07) is 12.5. The number of anilines is 1. The van der Waals surface area contributed by atoms with E-state index in [0.717, 1.165) is 4.90 Å². The summed E-state index contributed by atoms with van der Waals surface area (Å²) < 4.78 is 0. The summed E-state index contributed by atoms with van der Waals surface area (Å²) in [4.78, 5) is 24.9. The number of aliphatic carboxylic acids is 1. The number of nitrogens with two attached hydrogens (primary N) is 1. The highest BCUT2D eigenvalue weighted by Crippen LogP contribution is 2.20. The SMILES string of the molecule is N=C(N)c1cccc(C(=O)N(CC(=O)O)c2ccc(Cl)cc2)c1. The van der Waals surface area contributed by atoms with Crippen LogP contribution in [0.2, 0.25) is 5.02 Å². The molecule has 0 aliphatic carbocycles. The molecule has 23 heavy (non-hydrogen) atoms. The van der Waals surface area contributed by atoms with Crippen LogP contribution in [-0.4, -0.2) is 29.4 Å².